The fraction of sp³-hybridized carbons (Fsp3) is 0.294. The van der Waals surface area contributed by atoms with E-state index in [4.69, 9.17) is 15.2 Å². The summed E-state index contributed by atoms with van der Waals surface area (Å²) in [5.74, 6) is -1.28. The third-order valence-corrected chi connectivity index (χ3v) is 8.56. The number of thiophene rings is 1. The molecule has 1 aliphatic rings. The summed E-state index contributed by atoms with van der Waals surface area (Å²) in [6, 6.07) is 13.8. The van der Waals surface area contributed by atoms with Crippen molar-refractivity contribution in [3.05, 3.63) is 82.0 Å². The highest BCUT2D eigenvalue weighted by atomic mass is 32.1. The molecule has 5 N–H and O–H groups in total. The van der Waals surface area contributed by atoms with Crippen LogP contribution in [0.1, 0.15) is 76.1 Å². The Morgan fingerprint density at radius 1 is 1.07 bits per heavy atom. The van der Waals surface area contributed by atoms with Crippen molar-refractivity contribution in [3.8, 4) is 33.1 Å². The SMILES string of the molecule is CCCNC(=O)c1ccc(-c2cc3c(cc2C(=O)Nc2ccc(CN)cc2OC(C)CC)-c2sccc2CCO3)c(C(=O)O)n1. The summed E-state index contributed by atoms with van der Waals surface area (Å²) < 4.78 is 12.3. The third-order valence-electron chi connectivity index (χ3n) is 7.57. The summed E-state index contributed by atoms with van der Waals surface area (Å²) >= 11 is 1.55. The molecule has 1 aliphatic heterocycles. The molecule has 2 aromatic heterocycles. The highest BCUT2D eigenvalue weighted by molar-refractivity contribution is 7.13. The second kappa shape index (κ2) is 13.9. The van der Waals surface area contributed by atoms with Crippen molar-refractivity contribution >= 4 is 34.8 Å². The van der Waals surface area contributed by atoms with Gasteiger partial charge in [-0.15, -0.1) is 11.3 Å². The first-order valence-corrected chi connectivity index (χ1v) is 15.8. The highest BCUT2D eigenvalue weighted by Crippen LogP contribution is 2.43. The molecule has 0 radical (unpaired) electrons. The molecule has 0 saturated carbocycles. The van der Waals surface area contributed by atoms with Crippen LogP contribution in [-0.2, 0) is 13.0 Å². The normalized spacial score (nSPS) is 12.6. The number of rotatable bonds is 11. The Kier molecular flexibility index (Phi) is 9.80. The molecular formula is C34H36N4O6S. The fourth-order valence-electron chi connectivity index (χ4n) is 5.01. The summed E-state index contributed by atoms with van der Waals surface area (Å²) in [7, 11) is 0. The molecule has 45 heavy (non-hydrogen) atoms. The van der Waals surface area contributed by atoms with E-state index >= 15 is 0 Å². The number of hydrogen-bond donors (Lipinski definition) is 4. The molecule has 1 unspecified atom stereocenters. The highest BCUT2D eigenvalue weighted by Gasteiger charge is 2.27. The van der Waals surface area contributed by atoms with E-state index in [1.165, 1.54) is 12.1 Å². The largest absolute Gasteiger partial charge is 0.493 e. The maximum Gasteiger partial charge on any atom is 0.355 e. The number of anilines is 1. The fourth-order valence-corrected chi connectivity index (χ4v) is 5.98. The van der Waals surface area contributed by atoms with Crippen LogP contribution in [0, 0.1) is 0 Å². The van der Waals surface area contributed by atoms with Crippen LogP contribution in [0.5, 0.6) is 11.5 Å². The lowest BCUT2D eigenvalue weighted by Gasteiger charge is -2.19. The van der Waals surface area contributed by atoms with E-state index in [1.54, 1.807) is 35.6 Å². The van der Waals surface area contributed by atoms with E-state index < -0.39 is 17.8 Å². The number of benzene rings is 2. The molecule has 2 amide bonds. The molecule has 4 aromatic rings. The number of carboxylic acid groups (broad SMARTS) is 1. The number of nitrogens with two attached hydrogens (primary N) is 1. The number of ether oxygens (including phenoxy) is 2. The van der Waals surface area contributed by atoms with Gasteiger partial charge in [0.05, 0.1) is 18.4 Å². The van der Waals surface area contributed by atoms with Crippen LogP contribution in [0.3, 0.4) is 0 Å². The van der Waals surface area contributed by atoms with E-state index in [0.717, 1.165) is 28.0 Å². The van der Waals surface area contributed by atoms with Gasteiger partial charge in [-0.2, -0.15) is 0 Å². The summed E-state index contributed by atoms with van der Waals surface area (Å²) in [6.45, 7) is 7.02. The number of nitrogens with one attached hydrogen (secondary N) is 2. The smallest absolute Gasteiger partial charge is 0.355 e. The number of carbonyl (C=O) groups excluding carboxylic acids is 2. The summed E-state index contributed by atoms with van der Waals surface area (Å²) in [5, 5.41) is 17.9. The molecule has 234 valence electrons. The van der Waals surface area contributed by atoms with Crippen LogP contribution in [0.25, 0.3) is 21.6 Å². The first kappa shape index (κ1) is 31.7. The molecule has 0 fully saturated rings. The van der Waals surface area contributed by atoms with Crippen LogP contribution in [0.4, 0.5) is 5.69 Å². The minimum atomic E-state index is -1.33. The average Bonchev–Trinajstić information content (AvgIpc) is 3.44. The van der Waals surface area contributed by atoms with Gasteiger partial charge < -0.3 is 30.9 Å². The van der Waals surface area contributed by atoms with E-state index in [0.29, 0.717) is 55.3 Å². The van der Waals surface area contributed by atoms with Crippen LogP contribution in [-0.4, -0.2) is 47.1 Å². The topological polar surface area (TPSA) is 153 Å². The van der Waals surface area contributed by atoms with Gasteiger partial charge in [-0.3, -0.25) is 9.59 Å². The standard InChI is InChI=1S/C34H36N4O6S/c1-4-12-36-33(40)27-9-7-22(30(37-27)34(41)42)23-17-28-25(31-21(10-13-43-28)11-14-45-31)16-24(23)32(39)38-26-8-6-20(18-35)15-29(26)44-19(3)5-2/h6-9,11,14-17,19H,4-5,10,12-13,18,35H2,1-3H3,(H,36,40)(H,38,39)(H,41,42). The molecule has 10 nitrogen and oxygen atoms in total. The predicted octanol–water partition coefficient (Wildman–Crippen LogP) is 6.14. The number of pyridine rings is 1. The lowest BCUT2D eigenvalue weighted by atomic mass is 9.93. The summed E-state index contributed by atoms with van der Waals surface area (Å²) in [4.78, 5) is 44.5. The number of carboxylic acids is 1. The Morgan fingerprint density at radius 3 is 2.62 bits per heavy atom. The first-order chi connectivity index (χ1) is 21.7. The third kappa shape index (κ3) is 6.84. The van der Waals surface area contributed by atoms with Crippen molar-refractivity contribution in [1.82, 2.24) is 10.3 Å². The minimum absolute atomic E-state index is 0.0309. The molecule has 0 bridgehead atoms. The molecular weight excluding hydrogens is 592 g/mol. The second-order valence-corrected chi connectivity index (χ2v) is 11.7. The Bertz CT molecular complexity index is 1750. The molecule has 3 heterocycles. The van der Waals surface area contributed by atoms with Crippen LogP contribution >= 0.6 is 11.3 Å². The van der Waals surface area contributed by atoms with Crippen molar-refractivity contribution in [3.63, 3.8) is 0 Å². The van der Waals surface area contributed by atoms with Crippen molar-refractivity contribution in [2.75, 3.05) is 18.5 Å². The van der Waals surface area contributed by atoms with Crippen molar-refractivity contribution < 1.29 is 29.0 Å². The van der Waals surface area contributed by atoms with Gasteiger partial charge in [0.15, 0.2) is 5.69 Å². The van der Waals surface area contributed by atoms with Gasteiger partial charge in [0.25, 0.3) is 11.8 Å². The maximum absolute atomic E-state index is 14.2. The van der Waals surface area contributed by atoms with Gasteiger partial charge in [0, 0.05) is 46.6 Å². The van der Waals surface area contributed by atoms with Gasteiger partial charge in [0.1, 0.15) is 17.2 Å². The molecule has 0 saturated heterocycles. The van der Waals surface area contributed by atoms with Crippen molar-refractivity contribution in [1.29, 1.82) is 0 Å². The number of hydrogen-bond acceptors (Lipinski definition) is 8. The van der Waals surface area contributed by atoms with Gasteiger partial charge >= 0.3 is 5.97 Å². The molecule has 2 aromatic carbocycles. The molecule has 5 rings (SSSR count). The van der Waals surface area contributed by atoms with Crippen molar-refractivity contribution in [2.24, 2.45) is 5.73 Å². The monoisotopic (exact) mass is 628 g/mol. The number of aromatic nitrogens is 1. The average molecular weight is 629 g/mol. The zero-order valence-corrected chi connectivity index (χ0v) is 26.3. The Balaban J connectivity index is 1.66. The van der Waals surface area contributed by atoms with E-state index in [-0.39, 0.29) is 28.6 Å². The van der Waals surface area contributed by atoms with Crippen LogP contribution in [0.2, 0.25) is 0 Å². The zero-order valence-electron chi connectivity index (χ0n) is 25.4. The zero-order chi connectivity index (χ0) is 32.1. The lowest BCUT2D eigenvalue weighted by molar-refractivity contribution is 0.0691. The van der Waals surface area contributed by atoms with E-state index in [2.05, 4.69) is 15.6 Å². The number of amides is 2. The van der Waals surface area contributed by atoms with Gasteiger partial charge in [-0.05, 0) is 78.7 Å². The molecule has 0 aliphatic carbocycles. The van der Waals surface area contributed by atoms with Crippen LogP contribution in [0.15, 0.2) is 53.9 Å². The summed E-state index contributed by atoms with van der Waals surface area (Å²) in [6.07, 6.45) is 2.06. The second-order valence-electron chi connectivity index (χ2n) is 10.7. The van der Waals surface area contributed by atoms with Crippen LogP contribution < -0.4 is 25.8 Å². The Morgan fingerprint density at radius 2 is 1.89 bits per heavy atom. The number of aromatic carboxylic acids is 1. The lowest BCUT2D eigenvalue weighted by Crippen LogP contribution is -2.25. The molecule has 0 spiro atoms. The first-order valence-electron chi connectivity index (χ1n) is 14.9. The summed E-state index contributed by atoms with van der Waals surface area (Å²) in [5.41, 5.74) is 9.32. The maximum atomic E-state index is 14.2. The van der Waals surface area contributed by atoms with Crippen molar-refractivity contribution in [2.45, 2.75) is 52.7 Å². The van der Waals surface area contributed by atoms with Gasteiger partial charge in [-0.25, -0.2) is 9.78 Å². The predicted molar refractivity (Wildman–Crippen MR) is 174 cm³/mol. The number of carbonyl (C=O) groups is 3. The van der Waals surface area contributed by atoms with E-state index in [1.807, 2.05) is 38.3 Å². The van der Waals surface area contributed by atoms with E-state index in [9.17, 15) is 19.5 Å². The van der Waals surface area contributed by atoms with Gasteiger partial charge in [0.2, 0.25) is 0 Å². The molecule has 11 heteroatoms. The number of fused-ring (bicyclic) bond motifs is 3. The minimum Gasteiger partial charge on any atom is -0.493 e. The quantitative estimate of drug-likeness (QED) is 0.155. The Labute approximate surface area is 265 Å². The molecule has 1 atom stereocenters. The Hall–Kier alpha value is -4.74. The van der Waals surface area contributed by atoms with Gasteiger partial charge in [-0.1, -0.05) is 19.9 Å². The number of nitrogens with zero attached hydrogens (tertiary/aromatic N) is 1.